The molecule has 0 unspecified atom stereocenters. The summed E-state index contributed by atoms with van der Waals surface area (Å²) >= 11 is 0. The molecule has 0 fully saturated rings. The summed E-state index contributed by atoms with van der Waals surface area (Å²) in [5, 5.41) is 2.63. The van der Waals surface area contributed by atoms with Crippen molar-refractivity contribution in [1.82, 2.24) is 9.97 Å². The summed E-state index contributed by atoms with van der Waals surface area (Å²) in [5.74, 6) is 2.05. The monoisotopic (exact) mass is 454 g/mol. The fraction of sp³-hybridized carbons (Fsp3) is 0.222. The van der Waals surface area contributed by atoms with Crippen LogP contribution in [0, 0.1) is 0 Å². The number of pyridine rings is 1. The van der Waals surface area contributed by atoms with Gasteiger partial charge in [0.1, 0.15) is 22.7 Å². The van der Waals surface area contributed by atoms with Crippen LogP contribution >= 0.6 is 0 Å². The van der Waals surface area contributed by atoms with Crippen LogP contribution in [0.2, 0.25) is 0 Å². The van der Waals surface area contributed by atoms with Gasteiger partial charge < -0.3 is 18.8 Å². The summed E-state index contributed by atoms with van der Waals surface area (Å²) in [4.78, 5) is 16.2. The van der Waals surface area contributed by atoms with Crippen LogP contribution in [0.3, 0.4) is 0 Å². The number of benzene rings is 3. The summed E-state index contributed by atoms with van der Waals surface area (Å²) in [6.07, 6.45) is 3.46. The Bertz CT molecular complexity index is 1510. The molecule has 2 heterocycles. The summed E-state index contributed by atoms with van der Waals surface area (Å²) < 4.78 is 17.7. The van der Waals surface area contributed by atoms with Gasteiger partial charge in [0, 0.05) is 60.1 Å². The minimum atomic E-state index is 0.639. The smallest absolute Gasteiger partial charge is 0.159 e. The molecule has 2 aromatic carbocycles. The quantitative estimate of drug-likeness (QED) is 0.246. The van der Waals surface area contributed by atoms with E-state index in [0.717, 1.165) is 52.0 Å². The molecule has 2 aliphatic rings. The third kappa shape index (κ3) is 3.79. The molecule has 0 saturated carbocycles. The average Bonchev–Trinajstić information content (AvgIpc) is 2.88. The molecule has 0 saturated heterocycles. The van der Waals surface area contributed by atoms with Crippen LogP contribution in [0.4, 0.5) is 11.4 Å². The molecule has 0 N–H and O–H groups in total. The van der Waals surface area contributed by atoms with E-state index in [2.05, 4.69) is 23.7 Å². The first-order valence-electron chi connectivity index (χ1n) is 11.3. The van der Waals surface area contributed by atoms with Gasteiger partial charge in [-0.05, 0) is 44.2 Å². The van der Waals surface area contributed by atoms with Crippen molar-refractivity contribution in [3.8, 4) is 23.0 Å². The molecule has 5 rings (SSSR count). The Labute approximate surface area is 197 Å². The van der Waals surface area contributed by atoms with Crippen molar-refractivity contribution in [3.63, 3.8) is 0 Å². The number of anilines is 1. The second-order valence-corrected chi connectivity index (χ2v) is 7.85. The van der Waals surface area contributed by atoms with Crippen LogP contribution in [-0.2, 0) is 0 Å². The predicted octanol–water partition coefficient (Wildman–Crippen LogP) is 5.58. The van der Waals surface area contributed by atoms with E-state index in [1.54, 1.807) is 26.6 Å². The van der Waals surface area contributed by atoms with E-state index in [9.17, 15) is 0 Å². The SMILES string of the molecule is CCN(CC)c1cc(OC)c2nc3c4cc(OC)ccc4c(=Nc4ccncc4)cc-3oc2c1. The molecule has 1 aromatic heterocycles. The summed E-state index contributed by atoms with van der Waals surface area (Å²) in [6, 6.07) is 15.6. The summed E-state index contributed by atoms with van der Waals surface area (Å²) in [7, 11) is 3.31. The van der Waals surface area contributed by atoms with Gasteiger partial charge in [-0.15, -0.1) is 0 Å². The fourth-order valence-corrected chi connectivity index (χ4v) is 4.23. The Morgan fingerprint density at radius 3 is 2.41 bits per heavy atom. The van der Waals surface area contributed by atoms with E-state index in [4.69, 9.17) is 23.9 Å². The van der Waals surface area contributed by atoms with E-state index in [-0.39, 0.29) is 0 Å². The molecule has 0 spiro atoms. The van der Waals surface area contributed by atoms with Crippen LogP contribution in [0.25, 0.3) is 33.3 Å². The Morgan fingerprint density at radius 1 is 0.912 bits per heavy atom. The molecule has 0 bridgehead atoms. The van der Waals surface area contributed by atoms with Gasteiger partial charge in [0.2, 0.25) is 0 Å². The third-order valence-electron chi connectivity index (χ3n) is 5.99. The lowest BCUT2D eigenvalue weighted by Crippen LogP contribution is -2.21. The van der Waals surface area contributed by atoms with E-state index in [1.807, 2.05) is 48.5 Å². The number of nitrogens with zero attached hydrogens (tertiary/aromatic N) is 4. The van der Waals surface area contributed by atoms with Gasteiger partial charge >= 0.3 is 0 Å². The maximum atomic E-state index is 6.45. The number of methoxy groups -OCH3 is 2. The molecule has 0 atom stereocenters. The fourth-order valence-electron chi connectivity index (χ4n) is 4.23. The van der Waals surface area contributed by atoms with Crippen molar-refractivity contribution < 1.29 is 13.9 Å². The van der Waals surface area contributed by atoms with Crippen molar-refractivity contribution >= 4 is 33.2 Å². The Kier molecular flexibility index (Phi) is 5.76. The minimum Gasteiger partial charge on any atom is -0.497 e. The highest BCUT2D eigenvalue weighted by Gasteiger charge is 2.19. The third-order valence-corrected chi connectivity index (χ3v) is 5.99. The van der Waals surface area contributed by atoms with E-state index < -0.39 is 0 Å². The lowest BCUT2D eigenvalue weighted by Gasteiger charge is -2.22. The highest BCUT2D eigenvalue weighted by molar-refractivity contribution is 5.98. The van der Waals surface area contributed by atoms with E-state index >= 15 is 0 Å². The average molecular weight is 455 g/mol. The van der Waals surface area contributed by atoms with Crippen LogP contribution < -0.4 is 19.7 Å². The van der Waals surface area contributed by atoms with E-state index in [1.165, 1.54) is 0 Å². The summed E-state index contributed by atoms with van der Waals surface area (Å²) in [5.41, 5.74) is 3.90. The molecule has 172 valence electrons. The van der Waals surface area contributed by atoms with Crippen molar-refractivity contribution in [2.45, 2.75) is 13.8 Å². The van der Waals surface area contributed by atoms with Gasteiger partial charge in [-0.2, -0.15) is 0 Å². The number of fused-ring (bicyclic) bond motifs is 4. The minimum absolute atomic E-state index is 0.639. The van der Waals surface area contributed by atoms with Crippen LogP contribution in [0.1, 0.15) is 13.8 Å². The Morgan fingerprint density at radius 2 is 1.71 bits per heavy atom. The first-order valence-corrected chi connectivity index (χ1v) is 11.3. The second-order valence-electron chi connectivity index (χ2n) is 7.85. The molecule has 7 heteroatoms. The molecule has 7 nitrogen and oxygen atoms in total. The number of ether oxygens (including phenoxy) is 2. The highest BCUT2D eigenvalue weighted by Crippen LogP contribution is 2.37. The number of hydrogen-bond donors (Lipinski definition) is 0. The van der Waals surface area contributed by atoms with Crippen LogP contribution in [-0.4, -0.2) is 37.3 Å². The normalized spacial score (nSPS) is 11.9. The second kappa shape index (κ2) is 9.02. The van der Waals surface area contributed by atoms with Gasteiger partial charge in [-0.25, -0.2) is 9.98 Å². The predicted molar refractivity (Wildman–Crippen MR) is 134 cm³/mol. The first-order chi connectivity index (χ1) is 16.6. The zero-order valence-electron chi connectivity index (χ0n) is 19.7. The largest absolute Gasteiger partial charge is 0.497 e. The standard InChI is InChI=1S/C27H26N4O3/c1-5-31(6-2)18-13-23(33-4)27-24(14-18)34-25-16-22(29-17-9-11-28-12-10-17)20-8-7-19(32-3)15-21(20)26(25)30-27/h7-16H,5-6H2,1-4H3. The Hall–Kier alpha value is -4.13. The maximum absolute atomic E-state index is 6.45. The van der Waals surface area contributed by atoms with Gasteiger partial charge in [0.25, 0.3) is 0 Å². The Balaban J connectivity index is 1.87. The molecular formula is C27H26N4O3. The highest BCUT2D eigenvalue weighted by atomic mass is 16.5. The molecule has 34 heavy (non-hydrogen) atoms. The van der Waals surface area contributed by atoms with Gasteiger partial charge in [0.05, 0.1) is 25.3 Å². The molecule has 0 amide bonds. The first kappa shape index (κ1) is 21.7. The maximum Gasteiger partial charge on any atom is 0.159 e. The molecule has 0 radical (unpaired) electrons. The number of hydrogen-bond acceptors (Lipinski definition) is 7. The van der Waals surface area contributed by atoms with Gasteiger partial charge in [-0.3, -0.25) is 4.98 Å². The summed E-state index contributed by atoms with van der Waals surface area (Å²) in [6.45, 7) is 6.02. The zero-order valence-corrected chi connectivity index (χ0v) is 19.7. The zero-order chi connectivity index (χ0) is 23.7. The lowest BCUT2D eigenvalue weighted by molar-refractivity contribution is 0.415. The van der Waals surface area contributed by atoms with Crippen molar-refractivity contribution in [1.29, 1.82) is 0 Å². The van der Waals surface area contributed by atoms with Crippen LogP contribution in [0.15, 0.2) is 70.3 Å². The molecule has 1 aliphatic heterocycles. The number of aromatic nitrogens is 2. The van der Waals surface area contributed by atoms with Crippen molar-refractivity contribution in [2.75, 3.05) is 32.2 Å². The van der Waals surface area contributed by atoms with Crippen molar-refractivity contribution in [2.24, 2.45) is 4.99 Å². The molecular weight excluding hydrogens is 428 g/mol. The van der Waals surface area contributed by atoms with Crippen molar-refractivity contribution in [3.05, 3.63) is 66.3 Å². The van der Waals surface area contributed by atoms with E-state index in [0.29, 0.717) is 22.6 Å². The van der Waals surface area contributed by atoms with Gasteiger partial charge in [-0.1, -0.05) is 0 Å². The molecule has 1 aliphatic carbocycles. The van der Waals surface area contributed by atoms with Crippen LogP contribution in [0.5, 0.6) is 11.5 Å². The van der Waals surface area contributed by atoms with Gasteiger partial charge in [0.15, 0.2) is 11.3 Å². The lowest BCUT2D eigenvalue weighted by atomic mass is 10.0. The number of rotatable bonds is 6. The topological polar surface area (TPSA) is 73.0 Å². The molecule has 3 aromatic rings.